The number of aryl methyl sites for hydroxylation is 1. The second kappa shape index (κ2) is 6.79. The van der Waals surface area contributed by atoms with E-state index in [0.29, 0.717) is 5.02 Å². The number of hydrogen-bond donors (Lipinski definition) is 2. The molecule has 0 saturated carbocycles. The predicted molar refractivity (Wildman–Crippen MR) is 89.7 cm³/mol. The van der Waals surface area contributed by atoms with Gasteiger partial charge in [0.1, 0.15) is 0 Å². The van der Waals surface area contributed by atoms with Gasteiger partial charge in [0.25, 0.3) is 10.1 Å². The Hall–Kier alpha value is -1.40. The van der Waals surface area contributed by atoms with Crippen LogP contribution in [0.5, 0.6) is 0 Å². The van der Waals surface area contributed by atoms with Gasteiger partial charge in [-0.05, 0) is 47.7 Å². The summed E-state index contributed by atoms with van der Waals surface area (Å²) in [5.41, 5.74) is 9.76. The highest BCUT2D eigenvalue weighted by Crippen LogP contribution is 2.28. The van der Waals surface area contributed by atoms with Crippen LogP contribution in [0.3, 0.4) is 0 Å². The summed E-state index contributed by atoms with van der Waals surface area (Å²) in [5, 5.41) is 0.531. The highest BCUT2D eigenvalue weighted by Gasteiger charge is 2.15. The molecule has 2 rings (SSSR count). The predicted octanol–water partition coefficient (Wildman–Crippen LogP) is 3.07. The van der Waals surface area contributed by atoms with Crippen LogP contribution < -0.4 is 5.73 Å². The van der Waals surface area contributed by atoms with Crippen LogP contribution in [0.25, 0.3) is 11.1 Å². The van der Waals surface area contributed by atoms with E-state index in [1.54, 1.807) is 6.07 Å². The lowest BCUT2D eigenvalue weighted by Gasteiger charge is -2.13. The molecule has 0 aromatic heterocycles. The molecule has 4 nitrogen and oxygen atoms in total. The summed E-state index contributed by atoms with van der Waals surface area (Å²) in [7, 11) is -4.09. The summed E-state index contributed by atoms with van der Waals surface area (Å²) in [6.45, 7) is 2.02. The Bertz CT molecular complexity index is 775. The lowest BCUT2D eigenvalue weighted by molar-refractivity contribution is 0.476. The molecule has 0 aliphatic rings. The van der Waals surface area contributed by atoms with Gasteiger partial charge in [0.2, 0.25) is 0 Å². The molecule has 0 bridgehead atoms. The van der Waals surface area contributed by atoms with Crippen molar-refractivity contribution in [2.75, 3.05) is 5.75 Å². The number of rotatable bonds is 5. The molecule has 6 heteroatoms. The molecule has 2 aromatic rings. The average molecular weight is 340 g/mol. The molecule has 0 amide bonds. The van der Waals surface area contributed by atoms with Crippen LogP contribution in [-0.2, 0) is 16.5 Å². The summed E-state index contributed by atoms with van der Waals surface area (Å²) in [6.07, 6.45) is 0.276. The van der Waals surface area contributed by atoms with Crippen molar-refractivity contribution >= 4 is 21.7 Å². The quantitative estimate of drug-likeness (QED) is 0.820. The fourth-order valence-corrected chi connectivity index (χ4v) is 3.26. The number of halogens is 1. The third-order valence-corrected chi connectivity index (χ3v) is 4.63. The van der Waals surface area contributed by atoms with Crippen molar-refractivity contribution in [2.45, 2.75) is 19.4 Å². The topological polar surface area (TPSA) is 80.4 Å². The van der Waals surface area contributed by atoms with Crippen molar-refractivity contribution in [3.05, 3.63) is 58.6 Å². The van der Waals surface area contributed by atoms with Gasteiger partial charge in [-0.15, -0.1) is 0 Å². The monoisotopic (exact) mass is 339 g/mol. The summed E-state index contributed by atoms with van der Waals surface area (Å²) in [6, 6.07) is 12.9. The fourth-order valence-electron chi connectivity index (χ4n) is 2.41. The van der Waals surface area contributed by atoms with Crippen molar-refractivity contribution in [3.8, 4) is 11.1 Å². The third-order valence-electron chi connectivity index (χ3n) is 3.41. The lowest BCUT2D eigenvalue weighted by Crippen LogP contribution is -2.31. The highest BCUT2D eigenvalue weighted by atomic mass is 35.5. The molecule has 0 aliphatic heterocycles. The van der Waals surface area contributed by atoms with Crippen LogP contribution >= 0.6 is 11.6 Å². The molecular formula is C16H18ClNO3S. The first kappa shape index (κ1) is 17.0. The molecule has 22 heavy (non-hydrogen) atoms. The molecule has 3 N–H and O–H groups in total. The van der Waals surface area contributed by atoms with Crippen LogP contribution in [0, 0.1) is 6.92 Å². The minimum absolute atomic E-state index is 0.276. The average Bonchev–Trinajstić information content (AvgIpc) is 2.40. The Kier molecular flexibility index (Phi) is 5.24. The molecular weight excluding hydrogens is 322 g/mol. The molecule has 0 aliphatic carbocycles. The van der Waals surface area contributed by atoms with Crippen molar-refractivity contribution in [1.82, 2.24) is 0 Å². The van der Waals surface area contributed by atoms with E-state index in [9.17, 15) is 8.42 Å². The normalized spacial score (nSPS) is 13.1. The van der Waals surface area contributed by atoms with Crippen molar-refractivity contribution in [2.24, 2.45) is 5.73 Å². The van der Waals surface area contributed by atoms with E-state index in [1.807, 2.05) is 43.3 Å². The minimum Gasteiger partial charge on any atom is -0.326 e. The van der Waals surface area contributed by atoms with Gasteiger partial charge in [-0.3, -0.25) is 4.55 Å². The van der Waals surface area contributed by atoms with Crippen LogP contribution in [0.1, 0.15) is 11.1 Å². The van der Waals surface area contributed by atoms with E-state index in [1.165, 1.54) is 0 Å². The zero-order valence-electron chi connectivity index (χ0n) is 12.2. The number of nitrogens with two attached hydrogens (primary N) is 1. The van der Waals surface area contributed by atoms with E-state index in [-0.39, 0.29) is 6.42 Å². The van der Waals surface area contributed by atoms with Crippen LogP contribution in [0.2, 0.25) is 5.02 Å². The second-order valence-electron chi connectivity index (χ2n) is 5.33. The largest absolute Gasteiger partial charge is 0.326 e. The van der Waals surface area contributed by atoms with E-state index >= 15 is 0 Å². The molecule has 0 radical (unpaired) electrons. The van der Waals surface area contributed by atoms with Crippen molar-refractivity contribution in [3.63, 3.8) is 0 Å². The zero-order valence-corrected chi connectivity index (χ0v) is 13.7. The first-order valence-electron chi connectivity index (χ1n) is 6.81. The standard InChI is InChI=1S/C16H18ClNO3S/c1-11-4-2-3-5-15(11)12-6-7-16(17)13(8-12)9-14(18)10-22(19,20)21/h2-8,14H,9-10,18H2,1H3,(H,19,20,21)/t14-/m0/s1. The van der Waals surface area contributed by atoms with Gasteiger partial charge in [-0.2, -0.15) is 8.42 Å². The van der Waals surface area contributed by atoms with E-state index in [4.69, 9.17) is 21.9 Å². The van der Waals surface area contributed by atoms with E-state index < -0.39 is 21.9 Å². The third kappa shape index (κ3) is 4.55. The van der Waals surface area contributed by atoms with Gasteiger partial charge in [-0.1, -0.05) is 41.9 Å². The van der Waals surface area contributed by atoms with Crippen LogP contribution in [0.15, 0.2) is 42.5 Å². The van der Waals surface area contributed by atoms with Gasteiger partial charge in [0.05, 0.1) is 5.75 Å². The molecule has 0 heterocycles. The van der Waals surface area contributed by atoms with Gasteiger partial charge in [0.15, 0.2) is 0 Å². The Balaban J connectivity index is 2.30. The van der Waals surface area contributed by atoms with Crippen LogP contribution in [0.4, 0.5) is 0 Å². The number of hydrogen-bond acceptors (Lipinski definition) is 3. The molecule has 1 atom stereocenters. The zero-order chi connectivity index (χ0) is 16.3. The molecule has 2 aromatic carbocycles. The molecule has 0 fully saturated rings. The first-order chi connectivity index (χ1) is 10.3. The summed E-state index contributed by atoms with van der Waals surface area (Å²) < 4.78 is 30.6. The van der Waals surface area contributed by atoms with E-state index in [0.717, 1.165) is 22.3 Å². The number of benzene rings is 2. The fraction of sp³-hybridized carbons (Fsp3) is 0.250. The molecule has 0 unspecified atom stereocenters. The second-order valence-corrected chi connectivity index (χ2v) is 7.24. The van der Waals surface area contributed by atoms with Crippen LogP contribution in [-0.4, -0.2) is 24.8 Å². The molecule has 0 spiro atoms. The Labute approximate surface area is 135 Å². The minimum atomic E-state index is -4.09. The van der Waals surface area contributed by atoms with Crippen molar-refractivity contribution in [1.29, 1.82) is 0 Å². The summed E-state index contributed by atoms with van der Waals surface area (Å²) in [4.78, 5) is 0. The smallest absolute Gasteiger partial charge is 0.266 e. The highest BCUT2D eigenvalue weighted by molar-refractivity contribution is 7.85. The summed E-state index contributed by atoms with van der Waals surface area (Å²) in [5.74, 6) is -0.488. The van der Waals surface area contributed by atoms with Gasteiger partial charge in [0, 0.05) is 11.1 Å². The Morgan fingerprint density at radius 1 is 1.23 bits per heavy atom. The SMILES string of the molecule is Cc1ccccc1-c1ccc(Cl)c(C[C@H](N)CS(=O)(=O)O)c1. The lowest BCUT2D eigenvalue weighted by atomic mass is 9.97. The van der Waals surface area contributed by atoms with Crippen molar-refractivity contribution < 1.29 is 13.0 Å². The van der Waals surface area contributed by atoms with Gasteiger partial charge < -0.3 is 5.73 Å². The summed E-state index contributed by atoms with van der Waals surface area (Å²) >= 11 is 6.17. The molecule has 0 saturated heterocycles. The molecule has 118 valence electrons. The van der Waals surface area contributed by atoms with Gasteiger partial charge >= 0.3 is 0 Å². The Morgan fingerprint density at radius 2 is 1.91 bits per heavy atom. The maximum atomic E-state index is 10.9. The van der Waals surface area contributed by atoms with Gasteiger partial charge in [-0.25, -0.2) is 0 Å². The van der Waals surface area contributed by atoms with E-state index in [2.05, 4.69) is 0 Å². The first-order valence-corrected chi connectivity index (χ1v) is 8.80. The maximum absolute atomic E-state index is 10.9. The Morgan fingerprint density at radius 3 is 2.55 bits per heavy atom. The maximum Gasteiger partial charge on any atom is 0.266 e.